The fourth-order valence-electron chi connectivity index (χ4n) is 2.04. The number of unbranched alkanes of at least 4 members (excludes halogenated alkanes) is 1. The molecule has 0 spiro atoms. The van der Waals surface area contributed by atoms with Crippen LogP contribution in [-0.2, 0) is 6.54 Å². The lowest BCUT2D eigenvalue weighted by Crippen LogP contribution is -2.41. The first-order chi connectivity index (χ1) is 10.7. The lowest BCUT2D eigenvalue weighted by atomic mass is 10.2. The first-order valence-corrected chi connectivity index (χ1v) is 8.11. The molecule has 0 fully saturated rings. The van der Waals surface area contributed by atoms with Gasteiger partial charge in [0, 0.05) is 25.2 Å². The Bertz CT molecular complexity index is 448. The Balaban J connectivity index is 2.44. The summed E-state index contributed by atoms with van der Waals surface area (Å²) < 4.78 is 13.6. The Morgan fingerprint density at radius 1 is 1.18 bits per heavy atom. The largest absolute Gasteiger partial charge is 0.357 e. The molecule has 5 heteroatoms. The summed E-state index contributed by atoms with van der Waals surface area (Å²) in [7, 11) is 2.13. The molecule has 1 aromatic carbocycles. The molecule has 0 radical (unpaired) electrons. The van der Waals surface area contributed by atoms with Gasteiger partial charge in [-0.15, -0.1) is 0 Å². The third-order valence-corrected chi connectivity index (χ3v) is 3.39. The van der Waals surface area contributed by atoms with Crippen molar-refractivity contribution in [3.05, 3.63) is 35.6 Å². The Kier molecular flexibility index (Phi) is 9.23. The number of hydrogen-bond acceptors (Lipinski definition) is 2. The quantitative estimate of drug-likeness (QED) is 0.544. The van der Waals surface area contributed by atoms with Crippen LogP contribution in [0.4, 0.5) is 4.39 Å². The second-order valence-electron chi connectivity index (χ2n) is 5.37. The Morgan fingerprint density at radius 3 is 2.64 bits per heavy atom. The van der Waals surface area contributed by atoms with Crippen molar-refractivity contribution >= 4 is 5.96 Å². The number of likely N-dealkylation sites (N-methyl/N-ethyl adjacent to an activating group) is 1. The molecule has 0 unspecified atom stereocenters. The van der Waals surface area contributed by atoms with Gasteiger partial charge in [0.1, 0.15) is 5.82 Å². The molecule has 1 rings (SSSR count). The molecule has 0 aliphatic rings. The van der Waals surface area contributed by atoms with E-state index < -0.39 is 0 Å². The maximum atomic E-state index is 13.6. The van der Waals surface area contributed by atoms with Gasteiger partial charge >= 0.3 is 0 Å². The van der Waals surface area contributed by atoms with Crippen LogP contribution >= 0.6 is 0 Å². The number of benzene rings is 1. The van der Waals surface area contributed by atoms with Crippen LogP contribution in [0.5, 0.6) is 0 Å². The minimum Gasteiger partial charge on any atom is -0.357 e. The van der Waals surface area contributed by atoms with Gasteiger partial charge in [0.15, 0.2) is 5.96 Å². The summed E-state index contributed by atoms with van der Waals surface area (Å²) in [5.41, 5.74) is 0.611. The van der Waals surface area contributed by atoms with Crippen LogP contribution < -0.4 is 10.6 Å². The summed E-state index contributed by atoms with van der Waals surface area (Å²) >= 11 is 0. The smallest absolute Gasteiger partial charge is 0.191 e. The maximum Gasteiger partial charge on any atom is 0.191 e. The van der Waals surface area contributed by atoms with Gasteiger partial charge in [0.25, 0.3) is 0 Å². The van der Waals surface area contributed by atoms with Crippen molar-refractivity contribution in [1.82, 2.24) is 15.5 Å². The van der Waals surface area contributed by atoms with Crippen molar-refractivity contribution in [2.45, 2.75) is 33.2 Å². The van der Waals surface area contributed by atoms with Gasteiger partial charge in [-0.25, -0.2) is 9.38 Å². The van der Waals surface area contributed by atoms with E-state index in [9.17, 15) is 4.39 Å². The normalized spacial score (nSPS) is 11.8. The van der Waals surface area contributed by atoms with Crippen molar-refractivity contribution in [3.8, 4) is 0 Å². The van der Waals surface area contributed by atoms with Crippen LogP contribution in [0.15, 0.2) is 29.3 Å². The topological polar surface area (TPSA) is 39.7 Å². The maximum absolute atomic E-state index is 13.6. The van der Waals surface area contributed by atoms with Crippen molar-refractivity contribution in [3.63, 3.8) is 0 Å². The highest BCUT2D eigenvalue weighted by Crippen LogP contribution is 2.07. The molecular formula is C17H29FN4. The van der Waals surface area contributed by atoms with Crippen LogP contribution in [0.3, 0.4) is 0 Å². The molecule has 0 atom stereocenters. The molecule has 0 aliphatic carbocycles. The summed E-state index contributed by atoms with van der Waals surface area (Å²) in [5.74, 6) is 0.524. The molecule has 0 aliphatic heterocycles. The molecule has 0 bridgehead atoms. The monoisotopic (exact) mass is 308 g/mol. The van der Waals surface area contributed by atoms with Crippen molar-refractivity contribution in [2.24, 2.45) is 4.99 Å². The summed E-state index contributed by atoms with van der Waals surface area (Å²) in [5, 5.41) is 6.48. The first-order valence-electron chi connectivity index (χ1n) is 8.11. The lowest BCUT2D eigenvalue weighted by molar-refractivity contribution is 0.332. The summed E-state index contributed by atoms with van der Waals surface area (Å²) in [6, 6.07) is 6.75. The molecule has 0 heterocycles. The summed E-state index contributed by atoms with van der Waals surface area (Å²) in [6.07, 6.45) is 2.43. The average molecular weight is 308 g/mol. The Morgan fingerprint density at radius 2 is 1.95 bits per heavy atom. The molecular weight excluding hydrogens is 279 g/mol. The molecule has 124 valence electrons. The highest BCUT2D eigenvalue weighted by molar-refractivity contribution is 5.79. The highest BCUT2D eigenvalue weighted by atomic mass is 19.1. The number of guanidine groups is 1. The van der Waals surface area contributed by atoms with Crippen molar-refractivity contribution < 1.29 is 4.39 Å². The SMILES string of the molecule is CCCCN(C)CCNC(=NCc1ccccc1F)NCC. The minimum atomic E-state index is -0.207. The lowest BCUT2D eigenvalue weighted by Gasteiger charge is -2.17. The molecule has 4 nitrogen and oxygen atoms in total. The molecule has 1 aromatic rings. The number of nitrogens with one attached hydrogen (secondary N) is 2. The minimum absolute atomic E-state index is 0.207. The van der Waals surface area contributed by atoms with Gasteiger partial charge in [-0.3, -0.25) is 0 Å². The number of hydrogen-bond donors (Lipinski definition) is 2. The summed E-state index contributed by atoms with van der Waals surface area (Å²) in [4.78, 5) is 6.74. The fourth-order valence-corrected chi connectivity index (χ4v) is 2.04. The molecule has 0 aromatic heterocycles. The predicted molar refractivity (Wildman–Crippen MR) is 91.6 cm³/mol. The molecule has 22 heavy (non-hydrogen) atoms. The average Bonchev–Trinajstić information content (AvgIpc) is 2.52. The van der Waals surface area contributed by atoms with E-state index in [1.807, 2.05) is 13.0 Å². The van der Waals surface area contributed by atoms with Crippen LogP contribution in [0, 0.1) is 5.82 Å². The zero-order valence-electron chi connectivity index (χ0n) is 14.0. The van der Waals surface area contributed by atoms with E-state index in [4.69, 9.17) is 0 Å². The van der Waals surface area contributed by atoms with Crippen LogP contribution in [0.1, 0.15) is 32.3 Å². The first kappa shape index (κ1) is 18.4. The van der Waals surface area contributed by atoms with Crippen LogP contribution in [-0.4, -0.2) is 44.1 Å². The van der Waals surface area contributed by atoms with Gasteiger partial charge in [0.2, 0.25) is 0 Å². The van der Waals surface area contributed by atoms with Crippen molar-refractivity contribution in [1.29, 1.82) is 0 Å². The van der Waals surface area contributed by atoms with E-state index in [0.717, 1.165) is 32.1 Å². The number of aliphatic imine (C=N–C) groups is 1. The van der Waals surface area contributed by atoms with Crippen LogP contribution in [0.2, 0.25) is 0 Å². The van der Waals surface area contributed by atoms with E-state index in [1.54, 1.807) is 12.1 Å². The summed E-state index contributed by atoms with van der Waals surface area (Å²) in [6.45, 7) is 8.25. The molecule has 2 N–H and O–H groups in total. The van der Waals surface area contributed by atoms with E-state index in [-0.39, 0.29) is 5.82 Å². The van der Waals surface area contributed by atoms with Crippen molar-refractivity contribution in [2.75, 3.05) is 33.2 Å². The second kappa shape index (κ2) is 11.0. The van der Waals surface area contributed by atoms with Crippen LogP contribution in [0.25, 0.3) is 0 Å². The molecule has 0 saturated carbocycles. The van der Waals surface area contributed by atoms with Gasteiger partial charge in [-0.05, 0) is 33.0 Å². The van der Waals surface area contributed by atoms with Gasteiger partial charge < -0.3 is 15.5 Å². The number of rotatable bonds is 9. The second-order valence-corrected chi connectivity index (χ2v) is 5.37. The van der Waals surface area contributed by atoms with E-state index >= 15 is 0 Å². The Hall–Kier alpha value is -1.62. The third-order valence-electron chi connectivity index (χ3n) is 3.39. The number of halogens is 1. The Labute approximate surface area is 133 Å². The zero-order chi connectivity index (χ0) is 16.2. The van der Waals surface area contributed by atoms with Gasteiger partial charge in [-0.2, -0.15) is 0 Å². The van der Waals surface area contributed by atoms with Gasteiger partial charge in [0.05, 0.1) is 6.54 Å². The molecule has 0 saturated heterocycles. The molecule has 0 amide bonds. The van der Waals surface area contributed by atoms with E-state index in [2.05, 4.69) is 34.5 Å². The highest BCUT2D eigenvalue weighted by Gasteiger charge is 2.02. The standard InChI is InChI=1S/C17H29FN4/c1-4-6-12-22(3)13-11-20-17(19-5-2)21-14-15-9-7-8-10-16(15)18/h7-10H,4-6,11-14H2,1-3H3,(H2,19,20,21). The fraction of sp³-hybridized carbons (Fsp3) is 0.588. The van der Waals surface area contributed by atoms with E-state index in [0.29, 0.717) is 12.1 Å². The van der Waals surface area contributed by atoms with Gasteiger partial charge in [-0.1, -0.05) is 31.5 Å². The third kappa shape index (κ3) is 7.41. The number of nitrogens with zero attached hydrogens (tertiary/aromatic N) is 2. The zero-order valence-corrected chi connectivity index (χ0v) is 14.0. The van der Waals surface area contributed by atoms with E-state index in [1.165, 1.54) is 18.9 Å². The predicted octanol–water partition coefficient (Wildman–Crippen LogP) is 2.61.